The maximum Gasteiger partial charge on any atom is 0.257 e. The minimum atomic E-state index is -3.60. The van der Waals surface area contributed by atoms with Gasteiger partial charge in [0.05, 0.1) is 12.2 Å². The molecule has 1 aliphatic rings. The van der Waals surface area contributed by atoms with Crippen molar-refractivity contribution in [2.45, 2.75) is 23.9 Å². The topological polar surface area (TPSA) is 112 Å². The number of carbonyl (C=O) groups is 1. The fourth-order valence-electron chi connectivity index (χ4n) is 2.56. The van der Waals surface area contributed by atoms with Crippen LogP contribution in [0.2, 0.25) is 0 Å². The van der Waals surface area contributed by atoms with Crippen LogP contribution in [0.15, 0.2) is 23.4 Å². The minimum absolute atomic E-state index is 0.0171. The number of β-amino-alcohol motifs (C(OH)–C–C–N with tert-alkyl or cyclic N) is 1. The predicted molar refractivity (Wildman–Crippen MR) is 84.5 cm³/mol. The van der Waals surface area contributed by atoms with Crippen LogP contribution in [0.4, 0.5) is 0 Å². The standard InChI is InChI=1S/C14H22N4O4S/c1-15-23(21,22)13-5-4-11(9-16-13)14(20)17-12-3-2-6-18(10-12)7-8-19/h4-5,9,12,15,19H,2-3,6-8,10H2,1H3,(H,17,20). The Labute approximate surface area is 136 Å². The van der Waals surface area contributed by atoms with Crippen LogP contribution < -0.4 is 10.0 Å². The number of piperidine rings is 1. The van der Waals surface area contributed by atoms with Gasteiger partial charge in [-0.05, 0) is 38.6 Å². The number of amides is 1. The van der Waals surface area contributed by atoms with Gasteiger partial charge in [0, 0.05) is 25.3 Å². The summed E-state index contributed by atoms with van der Waals surface area (Å²) in [6.07, 6.45) is 3.10. The second-order valence-electron chi connectivity index (χ2n) is 5.43. The molecular formula is C14H22N4O4S. The molecule has 0 aromatic carbocycles. The van der Waals surface area contributed by atoms with E-state index in [1.54, 1.807) is 0 Å². The zero-order chi connectivity index (χ0) is 16.9. The number of nitrogens with zero attached hydrogens (tertiary/aromatic N) is 2. The summed E-state index contributed by atoms with van der Waals surface area (Å²) in [5, 5.41) is 11.8. The third kappa shape index (κ3) is 4.71. The summed E-state index contributed by atoms with van der Waals surface area (Å²) in [6.45, 7) is 2.33. The van der Waals surface area contributed by atoms with Gasteiger partial charge < -0.3 is 10.4 Å². The Morgan fingerprint density at radius 3 is 2.87 bits per heavy atom. The van der Waals surface area contributed by atoms with E-state index in [1.807, 2.05) is 0 Å². The lowest BCUT2D eigenvalue weighted by molar-refractivity contribution is 0.0893. The van der Waals surface area contributed by atoms with Gasteiger partial charge >= 0.3 is 0 Å². The summed E-state index contributed by atoms with van der Waals surface area (Å²) in [4.78, 5) is 18.2. The highest BCUT2D eigenvalue weighted by Crippen LogP contribution is 2.11. The number of carbonyl (C=O) groups excluding carboxylic acids is 1. The molecule has 1 atom stereocenters. The molecular weight excluding hydrogens is 320 g/mol. The van der Waals surface area contributed by atoms with Crippen LogP contribution in [0, 0.1) is 0 Å². The summed E-state index contributed by atoms with van der Waals surface area (Å²) in [5.74, 6) is -0.276. The minimum Gasteiger partial charge on any atom is -0.395 e. The molecule has 0 aliphatic carbocycles. The van der Waals surface area contributed by atoms with Crippen LogP contribution in [0.3, 0.4) is 0 Å². The van der Waals surface area contributed by atoms with Gasteiger partial charge in [0.1, 0.15) is 0 Å². The normalized spacial score (nSPS) is 19.5. The zero-order valence-electron chi connectivity index (χ0n) is 13.0. The van der Waals surface area contributed by atoms with Crippen molar-refractivity contribution in [1.29, 1.82) is 0 Å². The smallest absolute Gasteiger partial charge is 0.257 e. The van der Waals surface area contributed by atoms with Gasteiger partial charge in [0.15, 0.2) is 5.03 Å². The monoisotopic (exact) mass is 342 g/mol. The van der Waals surface area contributed by atoms with E-state index in [4.69, 9.17) is 5.11 Å². The van der Waals surface area contributed by atoms with Crippen molar-refractivity contribution in [2.75, 3.05) is 33.3 Å². The number of nitrogens with one attached hydrogen (secondary N) is 2. The molecule has 23 heavy (non-hydrogen) atoms. The molecule has 0 spiro atoms. The van der Waals surface area contributed by atoms with Crippen molar-refractivity contribution < 1.29 is 18.3 Å². The Morgan fingerprint density at radius 2 is 2.26 bits per heavy atom. The molecule has 0 bridgehead atoms. The van der Waals surface area contributed by atoms with Gasteiger partial charge in [-0.1, -0.05) is 0 Å². The molecule has 9 heteroatoms. The molecule has 0 saturated carbocycles. The number of likely N-dealkylation sites (tertiary alicyclic amines) is 1. The maximum absolute atomic E-state index is 12.2. The van der Waals surface area contributed by atoms with E-state index in [0.717, 1.165) is 19.4 Å². The first-order valence-corrected chi connectivity index (χ1v) is 8.98. The average molecular weight is 342 g/mol. The van der Waals surface area contributed by atoms with Crippen LogP contribution in [-0.2, 0) is 10.0 Å². The van der Waals surface area contributed by atoms with Crippen molar-refractivity contribution in [3.63, 3.8) is 0 Å². The van der Waals surface area contributed by atoms with E-state index < -0.39 is 10.0 Å². The highest BCUT2D eigenvalue weighted by atomic mass is 32.2. The summed E-state index contributed by atoms with van der Waals surface area (Å²) in [5.41, 5.74) is 0.319. The zero-order valence-corrected chi connectivity index (χ0v) is 13.8. The van der Waals surface area contributed by atoms with Crippen molar-refractivity contribution in [2.24, 2.45) is 0 Å². The molecule has 1 amide bonds. The van der Waals surface area contributed by atoms with E-state index in [9.17, 15) is 13.2 Å². The summed E-state index contributed by atoms with van der Waals surface area (Å²) in [6, 6.07) is 2.77. The van der Waals surface area contributed by atoms with E-state index >= 15 is 0 Å². The third-order valence-electron chi connectivity index (χ3n) is 3.80. The molecule has 1 aromatic heterocycles. The number of sulfonamides is 1. The number of pyridine rings is 1. The number of hydrogen-bond acceptors (Lipinski definition) is 6. The number of hydrogen-bond donors (Lipinski definition) is 3. The molecule has 1 unspecified atom stereocenters. The first-order valence-electron chi connectivity index (χ1n) is 7.50. The van der Waals surface area contributed by atoms with Gasteiger partial charge in [-0.25, -0.2) is 18.1 Å². The van der Waals surface area contributed by atoms with Crippen LogP contribution in [-0.4, -0.2) is 68.6 Å². The Balaban J connectivity index is 1.98. The quantitative estimate of drug-likeness (QED) is 0.623. The largest absolute Gasteiger partial charge is 0.395 e. The van der Waals surface area contributed by atoms with Crippen LogP contribution in [0.1, 0.15) is 23.2 Å². The summed E-state index contributed by atoms with van der Waals surface area (Å²) in [7, 11) is -2.30. The molecule has 1 aliphatic heterocycles. The number of aliphatic hydroxyl groups is 1. The Bertz CT molecular complexity index is 631. The van der Waals surface area contributed by atoms with Crippen LogP contribution in [0.5, 0.6) is 0 Å². The molecule has 128 valence electrons. The van der Waals surface area contributed by atoms with Crippen molar-refractivity contribution in [1.82, 2.24) is 19.9 Å². The average Bonchev–Trinajstić information content (AvgIpc) is 2.55. The Hall–Kier alpha value is -1.55. The van der Waals surface area contributed by atoms with E-state index in [0.29, 0.717) is 18.7 Å². The Kier molecular flexibility index (Phi) is 6.05. The SMILES string of the molecule is CNS(=O)(=O)c1ccc(C(=O)NC2CCCN(CCO)C2)cn1. The second-order valence-corrected chi connectivity index (χ2v) is 7.26. The lowest BCUT2D eigenvalue weighted by Gasteiger charge is -2.32. The van der Waals surface area contributed by atoms with Crippen LogP contribution in [0.25, 0.3) is 0 Å². The first kappa shape index (κ1) is 17.8. The lowest BCUT2D eigenvalue weighted by atomic mass is 10.1. The molecule has 1 aromatic rings. The van der Waals surface area contributed by atoms with Gasteiger partial charge in [0.2, 0.25) is 0 Å². The van der Waals surface area contributed by atoms with E-state index in [-0.39, 0.29) is 23.6 Å². The highest BCUT2D eigenvalue weighted by Gasteiger charge is 2.22. The molecule has 3 N–H and O–H groups in total. The van der Waals surface area contributed by atoms with Gasteiger partial charge in [-0.2, -0.15) is 0 Å². The van der Waals surface area contributed by atoms with Gasteiger partial charge in [-0.15, -0.1) is 0 Å². The molecule has 1 saturated heterocycles. The lowest BCUT2D eigenvalue weighted by Crippen LogP contribution is -2.48. The Morgan fingerprint density at radius 1 is 1.48 bits per heavy atom. The number of rotatable bonds is 6. The first-order chi connectivity index (χ1) is 11.0. The van der Waals surface area contributed by atoms with Crippen molar-refractivity contribution in [3.8, 4) is 0 Å². The van der Waals surface area contributed by atoms with Gasteiger partial charge in [0.25, 0.3) is 15.9 Å². The van der Waals surface area contributed by atoms with Crippen molar-refractivity contribution in [3.05, 3.63) is 23.9 Å². The third-order valence-corrected chi connectivity index (χ3v) is 5.13. The molecule has 0 radical (unpaired) electrons. The van der Waals surface area contributed by atoms with Crippen molar-refractivity contribution >= 4 is 15.9 Å². The highest BCUT2D eigenvalue weighted by molar-refractivity contribution is 7.89. The fraction of sp³-hybridized carbons (Fsp3) is 0.571. The van der Waals surface area contributed by atoms with E-state index in [2.05, 4.69) is 19.9 Å². The summed E-state index contributed by atoms with van der Waals surface area (Å²) >= 11 is 0. The molecule has 8 nitrogen and oxygen atoms in total. The fourth-order valence-corrected chi connectivity index (χ4v) is 3.21. The predicted octanol–water partition coefficient (Wildman–Crippen LogP) is -0.824. The van der Waals surface area contributed by atoms with E-state index in [1.165, 1.54) is 25.4 Å². The van der Waals surface area contributed by atoms with Gasteiger partial charge in [-0.3, -0.25) is 9.69 Å². The number of aliphatic hydroxyl groups excluding tert-OH is 1. The van der Waals surface area contributed by atoms with Crippen LogP contribution >= 0.6 is 0 Å². The molecule has 1 fully saturated rings. The summed E-state index contributed by atoms with van der Waals surface area (Å²) < 4.78 is 25.4. The maximum atomic E-state index is 12.2. The molecule has 2 heterocycles. The number of aromatic nitrogens is 1. The second kappa shape index (κ2) is 7.82. The molecule has 2 rings (SSSR count).